The number of likely N-dealkylation sites (tertiary alicyclic amines) is 1. The van der Waals surface area contributed by atoms with E-state index in [-0.39, 0.29) is 10.8 Å². The lowest BCUT2D eigenvalue weighted by Crippen LogP contribution is -2.38. The van der Waals surface area contributed by atoms with Crippen molar-refractivity contribution < 1.29 is 17.9 Å². The van der Waals surface area contributed by atoms with Gasteiger partial charge in [0.25, 0.3) is 0 Å². The predicted octanol–water partition coefficient (Wildman–Crippen LogP) is 1.86. The highest BCUT2D eigenvalue weighted by Crippen LogP contribution is 2.32. The largest absolute Gasteiger partial charge is 0.486 e. The lowest BCUT2D eigenvalue weighted by Gasteiger charge is -2.29. The van der Waals surface area contributed by atoms with E-state index in [9.17, 15) is 8.42 Å². The van der Waals surface area contributed by atoms with Crippen molar-refractivity contribution in [3.63, 3.8) is 0 Å². The van der Waals surface area contributed by atoms with Crippen LogP contribution in [0.2, 0.25) is 0 Å². The maximum atomic E-state index is 12.5. The van der Waals surface area contributed by atoms with Crippen LogP contribution in [0.5, 0.6) is 11.5 Å². The first-order valence-corrected chi connectivity index (χ1v) is 10.1. The molecule has 7 heteroatoms. The molecule has 2 aliphatic rings. The molecular formula is C17H26N2O4S. The molecule has 1 N–H and O–H groups in total. The maximum Gasteiger partial charge on any atom is 0.240 e. The number of hydrogen-bond donors (Lipinski definition) is 1. The SMILES string of the molecule is C[C@@H](CNS(=O)(=O)c1ccc2c(c1)OCCO2)CN1CCCCC1. The Morgan fingerprint density at radius 3 is 2.58 bits per heavy atom. The summed E-state index contributed by atoms with van der Waals surface area (Å²) in [5, 5.41) is 0. The van der Waals surface area contributed by atoms with E-state index in [1.165, 1.54) is 25.3 Å². The van der Waals surface area contributed by atoms with Crippen molar-refractivity contribution in [2.24, 2.45) is 5.92 Å². The van der Waals surface area contributed by atoms with Gasteiger partial charge >= 0.3 is 0 Å². The van der Waals surface area contributed by atoms with Gasteiger partial charge in [0, 0.05) is 19.2 Å². The van der Waals surface area contributed by atoms with E-state index < -0.39 is 10.0 Å². The molecule has 0 aromatic heterocycles. The first kappa shape index (κ1) is 17.5. The number of nitrogens with one attached hydrogen (secondary N) is 1. The van der Waals surface area contributed by atoms with Crippen LogP contribution in [-0.4, -0.2) is 52.7 Å². The molecule has 0 aliphatic carbocycles. The number of benzene rings is 1. The highest BCUT2D eigenvalue weighted by Gasteiger charge is 2.21. The van der Waals surface area contributed by atoms with Gasteiger partial charge in [-0.05, 0) is 44.0 Å². The average molecular weight is 354 g/mol. The Balaban J connectivity index is 1.57. The molecule has 1 fully saturated rings. The molecule has 2 heterocycles. The van der Waals surface area contributed by atoms with E-state index >= 15 is 0 Å². The van der Waals surface area contributed by atoms with Crippen LogP contribution in [0, 0.1) is 5.92 Å². The molecule has 1 aromatic rings. The second-order valence-corrected chi connectivity index (χ2v) is 8.39. The Morgan fingerprint density at radius 1 is 1.12 bits per heavy atom. The fourth-order valence-corrected chi connectivity index (χ4v) is 4.35. The summed E-state index contributed by atoms with van der Waals surface area (Å²) in [5.74, 6) is 1.36. The predicted molar refractivity (Wildman–Crippen MR) is 92.1 cm³/mol. The molecule has 0 unspecified atom stereocenters. The minimum Gasteiger partial charge on any atom is -0.486 e. The summed E-state index contributed by atoms with van der Waals surface area (Å²) in [7, 11) is -3.53. The van der Waals surface area contributed by atoms with Crippen molar-refractivity contribution in [2.45, 2.75) is 31.1 Å². The van der Waals surface area contributed by atoms with Crippen LogP contribution in [0.25, 0.3) is 0 Å². The van der Waals surface area contributed by atoms with Crippen LogP contribution < -0.4 is 14.2 Å². The van der Waals surface area contributed by atoms with Gasteiger partial charge in [-0.25, -0.2) is 13.1 Å². The monoisotopic (exact) mass is 354 g/mol. The normalized spacial score (nSPS) is 19.9. The van der Waals surface area contributed by atoms with Crippen molar-refractivity contribution in [3.8, 4) is 11.5 Å². The Labute approximate surface area is 144 Å². The molecule has 6 nitrogen and oxygen atoms in total. The zero-order valence-corrected chi connectivity index (χ0v) is 15.0. The zero-order chi connectivity index (χ0) is 17.0. The van der Waals surface area contributed by atoms with Crippen molar-refractivity contribution in [1.82, 2.24) is 9.62 Å². The first-order chi connectivity index (χ1) is 11.5. The minimum absolute atomic E-state index is 0.219. The Kier molecular flexibility index (Phi) is 5.63. The fourth-order valence-electron chi connectivity index (χ4n) is 3.17. The number of fused-ring (bicyclic) bond motifs is 1. The average Bonchev–Trinajstić information content (AvgIpc) is 2.60. The first-order valence-electron chi connectivity index (χ1n) is 8.66. The van der Waals surface area contributed by atoms with E-state index in [2.05, 4.69) is 16.5 Å². The standard InChI is InChI=1S/C17H26N2O4S/c1-14(13-19-7-3-2-4-8-19)12-18-24(20,21)15-5-6-16-17(11-15)23-10-9-22-16/h5-6,11,14,18H,2-4,7-10,12-13H2,1H3/t14-/m0/s1. The molecule has 0 radical (unpaired) electrons. The summed E-state index contributed by atoms with van der Waals surface area (Å²) >= 11 is 0. The maximum absolute atomic E-state index is 12.5. The van der Waals surface area contributed by atoms with Gasteiger partial charge in [0.1, 0.15) is 13.2 Å². The molecule has 0 spiro atoms. The number of rotatable bonds is 6. The summed E-state index contributed by atoms with van der Waals surface area (Å²) in [6, 6.07) is 4.75. The number of hydrogen-bond acceptors (Lipinski definition) is 5. The van der Waals surface area contributed by atoms with Crippen LogP contribution >= 0.6 is 0 Å². The lowest BCUT2D eigenvalue weighted by atomic mass is 10.1. The van der Waals surface area contributed by atoms with Crippen LogP contribution in [0.15, 0.2) is 23.1 Å². The van der Waals surface area contributed by atoms with Gasteiger partial charge in [0.2, 0.25) is 10.0 Å². The van der Waals surface area contributed by atoms with Crippen molar-refractivity contribution in [2.75, 3.05) is 39.4 Å². The van der Waals surface area contributed by atoms with E-state index in [4.69, 9.17) is 9.47 Å². The summed E-state index contributed by atoms with van der Waals surface area (Å²) in [5.41, 5.74) is 0. The third kappa shape index (κ3) is 4.40. The van der Waals surface area contributed by atoms with Crippen LogP contribution in [0.1, 0.15) is 26.2 Å². The molecule has 1 atom stereocenters. The second-order valence-electron chi connectivity index (χ2n) is 6.62. The molecule has 24 heavy (non-hydrogen) atoms. The summed E-state index contributed by atoms with van der Waals surface area (Å²) in [4.78, 5) is 2.64. The van der Waals surface area contributed by atoms with Crippen molar-refractivity contribution >= 4 is 10.0 Å². The minimum atomic E-state index is -3.53. The van der Waals surface area contributed by atoms with Gasteiger partial charge in [0.15, 0.2) is 11.5 Å². The van der Waals surface area contributed by atoms with E-state index in [1.54, 1.807) is 12.1 Å². The van der Waals surface area contributed by atoms with Crippen LogP contribution in [-0.2, 0) is 10.0 Å². The molecule has 3 rings (SSSR count). The summed E-state index contributed by atoms with van der Waals surface area (Å²) < 4.78 is 38.6. The second kappa shape index (κ2) is 7.72. The smallest absolute Gasteiger partial charge is 0.240 e. The molecule has 1 aromatic carbocycles. The zero-order valence-electron chi connectivity index (χ0n) is 14.2. The van der Waals surface area contributed by atoms with E-state index in [1.807, 2.05) is 0 Å². The van der Waals surface area contributed by atoms with Gasteiger partial charge in [-0.15, -0.1) is 0 Å². The third-order valence-electron chi connectivity index (χ3n) is 4.46. The molecule has 1 saturated heterocycles. The Morgan fingerprint density at radius 2 is 1.83 bits per heavy atom. The fraction of sp³-hybridized carbons (Fsp3) is 0.647. The van der Waals surface area contributed by atoms with Gasteiger partial charge in [-0.3, -0.25) is 0 Å². The van der Waals surface area contributed by atoms with Crippen molar-refractivity contribution in [1.29, 1.82) is 0 Å². The van der Waals surface area contributed by atoms with Crippen molar-refractivity contribution in [3.05, 3.63) is 18.2 Å². The molecule has 0 saturated carbocycles. The summed E-state index contributed by atoms with van der Waals surface area (Å²) in [6.45, 7) is 6.64. The van der Waals surface area contributed by atoms with Crippen LogP contribution in [0.4, 0.5) is 0 Å². The highest BCUT2D eigenvalue weighted by atomic mass is 32.2. The van der Waals surface area contributed by atoms with Gasteiger partial charge in [-0.2, -0.15) is 0 Å². The van der Waals surface area contributed by atoms with E-state index in [0.29, 0.717) is 31.3 Å². The quantitative estimate of drug-likeness (QED) is 0.844. The van der Waals surface area contributed by atoms with Gasteiger partial charge < -0.3 is 14.4 Å². The molecule has 0 bridgehead atoms. The number of piperidine rings is 1. The molecular weight excluding hydrogens is 328 g/mol. The Hall–Kier alpha value is -1.31. The van der Waals surface area contributed by atoms with E-state index in [0.717, 1.165) is 19.6 Å². The molecule has 0 amide bonds. The van der Waals surface area contributed by atoms with Gasteiger partial charge in [-0.1, -0.05) is 13.3 Å². The third-order valence-corrected chi connectivity index (χ3v) is 5.89. The van der Waals surface area contributed by atoms with Gasteiger partial charge in [0.05, 0.1) is 4.90 Å². The molecule has 2 aliphatic heterocycles. The molecule has 134 valence electrons. The summed E-state index contributed by atoms with van der Waals surface area (Å²) in [6.07, 6.45) is 3.80. The Bertz CT molecular complexity index is 657. The topological polar surface area (TPSA) is 67.9 Å². The van der Waals surface area contributed by atoms with Crippen LogP contribution in [0.3, 0.4) is 0 Å². The lowest BCUT2D eigenvalue weighted by molar-refractivity contribution is 0.171. The highest BCUT2D eigenvalue weighted by molar-refractivity contribution is 7.89. The number of ether oxygens (including phenoxy) is 2. The number of sulfonamides is 1. The number of nitrogens with zero attached hydrogens (tertiary/aromatic N) is 1.